The molecule has 2 aromatic rings. The lowest BCUT2D eigenvalue weighted by Gasteiger charge is -2.08. The first-order valence-corrected chi connectivity index (χ1v) is 5.62. The monoisotopic (exact) mass is 246 g/mol. The van der Waals surface area contributed by atoms with Crippen LogP contribution in [0, 0.1) is 6.92 Å². The van der Waals surface area contributed by atoms with Gasteiger partial charge < -0.3 is 9.73 Å². The molecule has 0 bridgehead atoms. The van der Waals surface area contributed by atoms with E-state index in [1.807, 2.05) is 6.92 Å². The van der Waals surface area contributed by atoms with Crippen molar-refractivity contribution in [2.75, 3.05) is 17.2 Å². The van der Waals surface area contributed by atoms with Gasteiger partial charge in [0.15, 0.2) is 0 Å². The largest absolute Gasteiger partial charge is 0.432 e. The summed E-state index contributed by atoms with van der Waals surface area (Å²) in [5, 5.41) is 5.67. The van der Waals surface area contributed by atoms with E-state index in [1.165, 1.54) is 6.26 Å². The van der Waals surface area contributed by atoms with Crippen LogP contribution >= 0.6 is 0 Å². The van der Waals surface area contributed by atoms with Gasteiger partial charge in [-0.2, -0.15) is 4.98 Å². The van der Waals surface area contributed by atoms with Crippen molar-refractivity contribution in [2.45, 2.75) is 13.8 Å². The third kappa shape index (κ3) is 2.65. The topological polar surface area (TPSA) is 80.0 Å². The van der Waals surface area contributed by atoms with Gasteiger partial charge in [-0.3, -0.25) is 15.1 Å². The quantitative estimate of drug-likeness (QED) is 0.863. The maximum absolute atomic E-state index is 12.0. The van der Waals surface area contributed by atoms with Gasteiger partial charge in [-0.1, -0.05) is 0 Å². The molecule has 2 aromatic heterocycles. The predicted molar refractivity (Wildman–Crippen MR) is 67.6 cm³/mol. The highest BCUT2D eigenvalue weighted by atomic mass is 16.4. The van der Waals surface area contributed by atoms with Crippen LogP contribution in [0.1, 0.15) is 23.0 Å². The van der Waals surface area contributed by atoms with Crippen LogP contribution in [0.4, 0.5) is 11.7 Å². The lowest BCUT2D eigenvalue weighted by Crippen LogP contribution is -2.15. The summed E-state index contributed by atoms with van der Waals surface area (Å²) in [6, 6.07) is 1.83. The van der Waals surface area contributed by atoms with Crippen LogP contribution in [-0.4, -0.2) is 22.4 Å². The van der Waals surface area contributed by atoms with Crippen LogP contribution in [0.15, 0.2) is 29.1 Å². The van der Waals surface area contributed by atoms with Crippen LogP contribution in [0.5, 0.6) is 0 Å². The minimum absolute atomic E-state index is 0.191. The molecule has 2 rings (SSSR count). The van der Waals surface area contributed by atoms with Gasteiger partial charge in [0, 0.05) is 12.7 Å². The zero-order chi connectivity index (χ0) is 13.0. The normalized spacial score (nSPS) is 10.1. The first-order valence-electron chi connectivity index (χ1n) is 5.62. The molecule has 0 atom stereocenters. The third-order valence-corrected chi connectivity index (χ3v) is 2.27. The van der Waals surface area contributed by atoms with E-state index in [1.54, 1.807) is 25.4 Å². The fraction of sp³-hybridized carbons (Fsp3) is 0.250. The van der Waals surface area contributed by atoms with Gasteiger partial charge in [0.1, 0.15) is 6.26 Å². The molecule has 1 amide bonds. The number of aryl methyl sites for hydroxylation is 1. The molecule has 0 fully saturated rings. The summed E-state index contributed by atoms with van der Waals surface area (Å²) in [5.41, 5.74) is 1.90. The van der Waals surface area contributed by atoms with E-state index in [2.05, 4.69) is 20.6 Å². The summed E-state index contributed by atoms with van der Waals surface area (Å²) in [7, 11) is 0. The van der Waals surface area contributed by atoms with E-state index in [4.69, 9.17) is 4.42 Å². The van der Waals surface area contributed by atoms with E-state index in [9.17, 15) is 4.79 Å². The number of nitrogens with one attached hydrogen (secondary N) is 2. The lowest BCUT2D eigenvalue weighted by atomic mass is 10.2. The van der Waals surface area contributed by atoms with E-state index in [0.29, 0.717) is 23.5 Å². The van der Waals surface area contributed by atoms with Crippen molar-refractivity contribution < 1.29 is 9.21 Å². The van der Waals surface area contributed by atoms with Crippen LogP contribution in [-0.2, 0) is 0 Å². The highest BCUT2D eigenvalue weighted by molar-refractivity contribution is 6.06. The molecule has 0 saturated carbocycles. The van der Waals surface area contributed by atoms with Crippen molar-refractivity contribution in [1.82, 2.24) is 9.97 Å². The average molecular weight is 246 g/mol. The van der Waals surface area contributed by atoms with Gasteiger partial charge in [-0.15, -0.1) is 0 Å². The van der Waals surface area contributed by atoms with Crippen LogP contribution in [0.3, 0.4) is 0 Å². The van der Waals surface area contributed by atoms with E-state index < -0.39 is 0 Å². The van der Waals surface area contributed by atoms with Gasteiger partial charge >= 0.3 is 6.01 Å². The Morgan fingerprint density at radius 2 is 2.33 bits per heavy atom. The maximum Gasteiger partial charge on any atom is 0.301 e. The van der Waals surface area contributed by atoms with Crippen molar-refractivity contribution in [3.63, 3.8) is 0 Å². The molecule has 18 heavy (non-hydrogen) atoms. The first-order chi connectivity index (χ1) is 8.70. The first kappa shape index (κ1) is 12.1. The summed E-state index contributed by atoms with van der Waals surface area (Å²) in [4.78, 5) is 20.0. The Balaban J connectivity index is 2.18. The zero-order valence-corrected chi connectivity index (χ0v) is 10.2. The second-order valence-corrected chi connectivity index (χ2v) is 3.70. The smallest absolute Gasteiger partial charge is 0.301 e. The maximum atomic E-state index is 12.0. The standard InChI is InChI=1S/C12H14N4O2/c1-3-14-10-6-13-5-4-9(10)11(17)16-12-15-8(2)7-18-12/h4-7,14H,3H2,1-2H3,(H,15,16,17). The van der Waals surface area contributed by atoms with Gasteiger partial charge in [-0.25, -0.2) is 0 Å². The highest BCUT2D eigenvalue weighted by Gasteiger charge is 2.13. The minimum atomic E-state index is -0.282. The molecule has 0 aliphatic heterocycles. The zero-order valence-electron chi connectivity index (χ0n) is 10.2. The summed E-state index contributed by atoms with van der Waals surface area (Å²) >= 11 is 0. The molecule has 2 N–H and O–H groups in total. The van der Waals surface area contributed by atoms with Crippen molar-refractivity contribution in [2.24, 2.45) is 0 Å². The molecular weight excluding hydrogens is 232 g/mol. The Bertz CT molecular complexity index is 551. The molecule has 0 aliphatic carbocycles. The van der Waals surface area contributed by atoms with Crippen molar-refractivity contribution in [1.29, 1.82) is 0 Å². The Morgan fingerprint density at radius 3 is 3.00 bits per heavy atom. The molecule has 0 radical (unpaired) electrons. The molecule has 2 heterocycles. The van der Waals surface area contributed by atoms with Gasteiger partial charge in [-0.05, 0) is 19.9 Å². The number of oxazole rings is 1. The molecule has 94 valence electrons. The molecule has 0 saturated heterocycles. The Hall–Kier alpha value is -2.37. The highest BCUT2D eigenvalue weighted by Crippen LogP contribution is 2.15. The number of anilines is 2. The Labute approximate surface area is 104 Å². The average Bonchev–Trinajstić information content (AvgIpc) is 2.76. The summed E-state index contributed by atoms with van der Waals surface area (Å²) in [5.74, 6) is -0.282. The number of pyridine rings is 1. The van der Waals surface area contributed by atoms with Gasteiger partial charge in [0.2, 0.25) is 0 Å². The minimum Gasteiger partial charge on any atom is -0.432 e. The van der Waals surface area contributed by atoms with Crippen molar-refractivity contribution in [3.05, 3.63) is 36.0 Å². The van der Waals surface area contributed by atoms with E-state index >= 15 is 0 Å². The second kappa shape index (κ2) is 5.31. The predicted octanol–water partition coefficient (Wildman–Crippen LogP) is 2.06. The van der Waals surface area contributed by atoms with E-state index in [-0.39, 0.29) is 11.9 Å². The molecule has 0 aromatic carbocycles. The number of carbonyl (C=O) groups is 1. The second-order valence-electron chi connectivity index (χ2n) is 3.70. The fourth-order valence-electron chi connectivity index (χ4n) is 1.50. The summed E-state index contributed by atoms with van der Waals surface area (Å²) in [6.07, 6.45) is 4.66. The molecular formula is C12H14N4O2. The molecule has 6 nitrogen and oxygen atoms in total. The van der Waals surface area contributed by atoms with Crippen LogP contribution < -0.4 is 10.6 Å². The van der Waals surface area contributed by atoms with Crippen molar-refractivity contribution >= 4 is 17.6 Å². The fourth-order valence-corrected chi connectivity index (χ4v) is 1.50. The number of amides is 1. The molecule has 0 spiro atoms. The molecule has 6 heteroatoms. The summed E-state index contributed by atoms with van der Waals surface area (Å²) in [6.45, 7) is 4.45. The van der Waals surface area contributed by atoms with Crippen molar-refractivity contribution in [3.8, 4) is 0 Å². The number of rotatable bonds is 4. The lowest BCUT2D eigenvalue weighted by molar-refractivity contribution is 0.102. The number of carbonyl (C=O) groups excluding carboxylic acids is 1. The van der Waals surface area contributed by atoms with Gasteiger partial charge in [0.05, 0.1) is 23.1 Å². The number of hydrogen-bond acceptors (Lipinski definition) is 5. The molecule has 0 unspecified atom stereocenters. The SMILES string of the molecule is CCNc1cnccc1C(=O)Nc1nc(C)co1. The third-order valence-electron chi connectivity index (χ3n) is 2.27. The number of aromatic nitrogens is 2. The number of nitrogens with zero attached hydrogens (tertiary/aromatic N) is 2. The van der Waals surface area contributed by atoms with Crippen LogP contribution in [0.25, 0.3) is 0 Å². The number of hydrogen-bond donors (Lipinski definition) is 2. The Kier molecular flexibility index (Phi) is 3.57. The Morgan fingerprint density at radius 1 is 1.50 bits per heavy atom. The molecule has 0 aliphatic rings. The van der Waals surface area contributed by atoms with Crippen LogP contribution in [0.2, 0.25) is 0 Å². The van der Waals surface area contributed by atoms with Gasteiger partial charge in [0.25, 0.3) is 5.91 Å². The summed E-state index contributed by atoms with van der Waals surface area (Å²) < 4.78 is 5.08. The van der Waals surface area contributed by atoms with E-state index in [0.717, 1.165) is 0 Å².